The second-order valence-corrected chi connectivity index (χ2v) is 7.43. The van der Waals surface area contributed by atoms with Crippen molar-refractivity contribution in [2.24, 2.45) is 7.05 Å². The van der Waals surface area contributed by atoms with Crippen LogP contribution in [0.25, 0.3) is 33.2 Å². The molecule has 1 aromatic carbocycles. The summed E-state index contributed by atoms with van der Waals surface area (Å²) in [6, 6.07) is 6.54. The summed E-state index contributed by atoms with van der Waals surface area (Å²) in [7, 11) is 3.69. The molecule has 0 saturated heterocycles. The first-order valence-electron chi connectivity index (χ1n) is 9.64. The van der Waals surface area contributed by atoms with Crippen molar-refractivity contribution in [3.05, 3.63) is 30.6 Å². The monoisotopic (exact) mass is 377 g/mol. The van der Waals surface area contributed by atoms with Gasteiger partial charge in [0.25, 0.3) is 0 Å². The minimum atomic E-state index is 0.388. The lowest BCUT2D eigenvalue weighted by molar-refractivity contribution is 0.0681. The van der Waals surface area contributed by atoms with Gasteiger partial charge in [-0.25, -0.2) is 9.67 Å². The van der Waals surface area contributed by atoms with Gasteiger partial charge >= 0.3 is 0 Å². The molecule has 8 nitrogen and oxygen atoms in total. The van der Waals surface area contributed by atoms with Crippen LogP contribution < -0.4 is 5.32 Å². The van der Waals surface area contributed by atoms with Crippen LogP contribution in [0.15, 0.2) is 30.6 Å². The Hall–Kier alpha value is -3.00. The molecule has 3 aromatic heterocycles. The van der Waals surface area contributed by atoms with Gasteiger partial charge in [-0.2, -0.15) is 4.98 Å². The minimum Gasteiger partial charge on any atom is -0.381 e. The minimum absolute atomic E-state index is 0.388. The number of aromatic amines is 1. The molecule has 5 rings (SSSR count). The first-order valence-corrected chi connectivity index (χ1v) is 9.64. The summed E-state index contributed by atoms with van der Waals surface area (Å²) < 4.78 is 7.23. The lowest BCUT2D eigenvalue weighted by Gasteiger charge is -2.28. The normalized spacial score (nSPS) is 20.1. The number of benzene rings is 1. The Morgan fingerprint density at radius 1 is 1.21 bits per heavy atom. The average molecular weight is 377 g/mol. The number of aromatic nitrogens is 6. The van der Waals surface area contributed by atoms with Crippen LogP contribution in [0, 0.1) is 0 Å². The number of nitrogens with zero attached hydrogens (tertiary/aromatic N) is 5. The van der Waals surface area contributed by atoms with Crippen LogP contribution >= 0.6 is 0 Å². The summed E-state index contributed by atoms with van der Waals surface area (Å²) in [5, 5.41) is 12.7. The van der Waals surface area contributed by atoms with Crippen LogP contribution in [-0.4, -0.2) is 49.2 Å². The topological polar surface area (TPSA) is 93.5 Å². The second-order valence-electron chi connectivity index (χ2n) is 7.43. The smallest absolute Gasteiger partial charge is 0.224 e. The van der Waals surface area contributed by atoms with Crippen LogP contribution in [-0.2, 0) is 11.8 Å². The standard InChI is InChI=1S/C20H23N7O/c1-27-18-9-12(3-8-17(18)25-26-27)15-10-21-19-16(15)11-22-20(24-19)23-13-4-6-14(28-2)7-5-13/h3,8-11,13-14H,4-7H2,1-2H3,(H2,21,22,23,24). The molecule has 0 bridgehead atoms. The molecule has 1 saturated carbocycles. The maximum absolute atomic E-state index is 5.45. The summed E-state index contributed by atoms with van der Waals surface area (Å²) in [5.41, 5.74) is 4.88. The molecule has 0 amide bonds. The van der Waals surface area contributed by atoms with E-state index in [1.807, 2.05) is 25.5 Å². The van der Waals surface area contributed by atoms with Gasteiger partial charge < -0.3 is 15.0 Å². The fourth-order valence-electron chi connectivity index (χ4n) is 4.04. The molecular weight excluding hydrogens is 354 g/mol. The lowest BCUT2D eigenvalue weighted by atomic mass is 9.93. The van der Waals surface area contributed by atoms with Crippen molar-refractivity contribution in [1.82, 2.24) is 29.9 Å². The Labute approximate surface area is 162 Å². The molecular formula is C20H23N7O. The molecule has 1 aliphatic rings. The third-order valence-corrected chi connectivity index (χ3v) is 5.69. The van der Waals surface area contributed by atoms with Crippen LogP contribution in [0.4, 0.5) is 5.95 Å². The lowest BCUT2D eigenvalue weighted by Crippen LogP contribution is -2.29. The predicted octanol–water partition coefficient (Wildman–Crippen LogP) is 3.28. The highest BCUT2D eigenvalue weighted by atomic mass is 16.5. The van der Waals surface area contributed by atoms with Gasteiger partial charge in [0.1, 0.15) is 11.2 Å². The summed E-state index contributed by atoms with van der Waals surface area (Å²) >= 11 is 0. The molecule has 0 aliphatic heterocycles. The zero-order valence-electron chi connectivity index (χ0n) is 16.0. The van der Waals surface area contributed by atoms with E-state index in [0.29, 0.717) is 18.1 Å². The predicted molar refractivity (Wildman–Crippen MR) is 108 cm³/mol. The zero-order valence-corrected chi connectivity index (χ0v) is 16.0. The van der Waals surface area contributed by atoms with E-state index >= 15 is 0 Å². The molecule has 1 aliphatic carbocycles. The molecule has 0 atom stereocenters. The van der Waals surface area contributed by atoms with Crippen molar-refractivity contribution >= 4 is 28.0 Å². The van der Waals surface area contributed by atoms with Gasteiger partial charge in [-0.1, -0.05) is 11.3 Å². The average Bonchev–Trinajstić information content (AvgIpc) is 3.32. The highest BCUT2D eigenvalue weighted by Crippen LogP contribution is 2.30. The van der Waals surface area contributed by atoms with Crippen molar-refractivity contribution in [1.29, 1.82) is 0 Å². The van der Waals surface area contributed by atoms with Gasteiger partial charge in [-0.05, 0) is 43.4 Å². The molecule has 3 heterocycles. The number of aryl methyl sites for hydroxylation is 1. The van der Waals surface area contributed by atoms with Crippen molar-refractivity contribution in [2.75, 3.05) is 12.4 Å². The maximum atomic E-state index is 5.45. The summed E-state index contributed by atoms with van der Waals surface area (Å²) in [6.45, 7) is 0. The largest absolute Gasteiger partial charge is 0.381 e. The quantitative estimate of drug-likeness (QED) is 0.567. The summed E-state index contributed by atoms with van der Waals surface area (Å²) in [4.78, 5) is 12.5. The zero-order chi connectivity index (χ0) is 19.1. The first kappa shape index (κ1) is 17.1. The van der Waals surface area contributed by atoms with Gasteiger partial charge in [0.05, 0.1) is 11.6 Å². The summed E-state index contributed by atoms with van der Waals surface area (Å²) in [5.74, 6) is 0.674. The number of H-pyrrole nitrogens is 1. The van der Waals surface area contributed by atoms with E-state index in [1.54, 1.807) is 11.8 Å². The molecule has 1 fully saturated rings. The number of hydrogen-bond donors (Lipinski definition) is 2. The van der Waals surface area contributed by atoms with Crippen molar-refractivity contribution in [3.8, 4) is 11.1 Å². The molecule has 0 spiro atoms. The molecule has 0 unspecified atom stereocenters. The Balaban J connectivity index is 1.41. The fraction of sp³-hybridized carbons (Fsp3) is 0.400. The SMILES string of the molecule is COC1CCC(Nc2ncc3c(-c4ccc5nnn(C)c5c4)c[nH]c3n2)CC1. The Morgan fingerprint density at radius 3 is 2.89 bits per heavy atom. The molecule has 2 N–H and O–H groups in total. The van der Waals surface area contributed by atoms with E-state index in [0.717, 1.165) is 58.9 Å². The van der Waals surface area contributed by atoms with E-state index < -0.39 is 0 Å². The van der Waals surface area contributed by atoms with Crippen LogP contribution in [0.3, 0.4) is 0 Å². The van der Waals surface area contributed by atoms with Crippen molar-refractivity contribution < 1.29 is 4.74 Å². The summed E-state index contributed by atoms with van der Waals surface area (Å²) in [6.07, 6.45) is 8.58. The molecule has 144 valence electrons. The number of rotatable bonds is 4. The number of anilines is 1. The van der Waals surface area contributed by atoms with E-state index in [1.165, 1.54) is 0 Å². The third kappa shape index (κ3) is 2.99. The van der Waals surface area contributed by atoms with Crippen LogP contribution in [0.1, 0.15) is 25.7 Å². The van der Waals surface area contributed by atoms with Gasteiger partial charge in [-0.3, -0.25) is 0 Å². The highest BCUT2D eigenvalue weighted by molar-refractivity contribution is 5.95. The maximum Gasteiger partial charge on any atom is 0.224 e. The molecule has 8 heteroatoms. The highest BCUT2D eigenvalue weighted by Gasteiger charge is 2.21. The van der Waals surface area contributed by atoms with Crippen molar-refractivity contribution in [2.45, 2.75) is 37.8 Å². The second kappa shape index (κ2) is 6.87. The number of fused-ring (bicyclic) bond motifs is 2. The Bertz CT molecular complexity index is 1120. The first-order chi connectivity index (χ1) is 13.7. The van der Waals surface area contributed by atoms with Crippen molar-refractivity contribution in [3.63, 3.8) is 0 Å². The van der Waals surface area contributed by atoms with E-state index in [-0.39, 0.29) is 0 Å². The number of nitrogens with one attached hydrogen (secondary N) is 2. The number of methoxy groups -OCH3 is 1. The molecule has 0 radical (unpaired) electrons. The van der Waals surface area contributed by atoms with Gasteiger partial charge in [0.2, 0.25) is 5.95 Å². The fourth-order valence-corrected chi connectivity index (χ4v) is 4.04. The van der Waals surface area contributed by atoms with Crippen LogP contribution in [0.2, 0.25) is 0 Å². The Morgan fingerprint density at radius 2 is 2.07 bits per heavy atom. The molecule has 28 heavy (non-hydrogen) atoms. The van der Waals surface area contributed by atoms with Gasteiger partial charge in [0, 0.05) is 43.5 Å². The number of ether oxygens (including phenoxy) is 1. The van der Waals surface area contributed by atoms with E-state index in [9.17, 15) is 0 Å². The van der Waals surface area contributed by atoms with Gasteiger partial charge in [-0.15, -0.1) is 5.10 Å². The Kier molecular flexibility index (Phi) is 4.20. The van der Waals surface area contributed by atoms with Gasteiger partial charge in [0.15, 0.2) is 0 Å². The third-order valence-electron chi connectivity index (χ3n) is 5.69. The van der Waals surface area contributed by atoms with E-state index in [2.05, 4.69) is 42.7 Å². The van der Waals surface area contributed by atoms with E-state index in [4.69, 9.17) is 4.74 Å². The number of hydrogen-bond acceptors (Lipinski definition) is 6. The molecule has 4 aromatic rings. The van der Waals surface area contributed by atoms with Crippen LogP contribution in [0.5, 0.6) is 0 Å².